The third-order valence-electron chi connectivity index (χ3n) is 3.32. The second-order valence-corrected chi connectivity index (χ2v) is 5.70. The van der Waals surface area contributed by atoms with E-state index in [0.717, 1.165) is 5.56 Å². The molecule has 0 radical (unpaired) electrons. The van der Waals surface area contributed by atoms with E-state index in [4.69, 9.17) is 21.1 Å². The Balaban J connectivity index is 1.90. The van der Waals surface area contributed by atoms with Crippen LogP contribution in [0.3, 0.4) is 0 Å². The maximum atomic E-state index is 12.1. The Hall–Kier alpha value is -2.37. The summed E-state index contributed by atoms with van der Waals surface area (Å²) in [6.45, 7) is 3.00. The van der Waals surface area contributed by atoms with Crippen molar-refractivity contribution in [1.29, 1.82) is 0 Å². The van der Waals surface area contributed by atoms with Gasteiger partial charge in [0.05, 0.1) is 18.6 Å². The van der Waals surface area contributed by atoms with Gasteiger partial charge in [0.2, 0.25) is 5.91 Å². The summed E-state index contributed by atoms with van der Waals surface area (Å²) in [5.74, 6) is -0.627. The van der Waals surface area contributed by atoms with E-state index in [1.165, 1.54) is 0 Å². The highest BCUT2D eigenvalue weighted by Crippen LogP contribution is 2.14. The largest absolute Gasteiger partial charge is 0.460 e. The number of carbonyl (C=O) groups is 2. The van der Waals surface area contributed by atoms with Crippen molar-refractivity contribution in [2.75, 3.05) is 25.1 Å². The van der Waals surface area contributed by atoms with Crippen LogP contribution in [0, 0.1) is 0 Å². The lowest BCUT2D eigenvalue weighted by Gasteiger charge is -2.08. The Morgan fingerprint density at radius 3 is 2.56 bits per heavy atom. The number of esters is 1. The Morgan fingerprint density at radius 1 is 1.08 bits per heavy atom. The summed E-state index contributed by atoms with van der Waals surface area (Å²) in [6.07, 6.45) is 0.222. The lowest BCUT2D eigenvalue weighted by Crippen LogP contribution is -2.15. The van der Waals surface area contributed by atoms with Gasteiger partial charge in [0.15, 0.2) is 0 Å². The molecule has 0 aromatic heterocycles. The van der Waals surface area contributed by atoms with Crippen molar-refractivity contribution in [1.82, 2.24) is 0 Å². The number of amides is 1. The van der Waals surface area contributed by atoms with Crippen molar-refractivity contribution in [3.05, 3.63) is 64.7 Å². The van der Waals surface area contributed by atoms with Crippen molar-refractivity contribution in [3.63, 3.8) is 0 Å². The van der Waals surface area contributed by atoms with Crippen molar-refractivity contribution in [3.8, 4) is 0 Å². The Bertz CT molecular complexity index is 716. The number of anilines is 1. The van der Waals surface area contributed by atoms with Crippen molar-refractivity contribution < 1.29 is 19.1 Å². The predicted octanol–water partition coefficient (Wildman–Crippen LogP) is 3.71. The van der Waals surface area contributed by atoms with Gasteiger partial charge in [0.1, 0.15) is 6.61 Å². The summed E-state index contributed by atoms with van der Waals surface area (Å²) < 4.78 is 10.2. The van der Waals surface area contributed by atoms with Crippen LogP contribution in [0.15, 0.2) is 48.5 Å². The second kappa shape index (κ2) is 9.81. The molecule has 0 spiro atoms. The summed E-state index contributed by atoms with van der Waals surface area (Å²) in [5.41, 5.74) is 1.77. The number of benzene rings is 2. The first-order valence-corrected chi connectivity index (χ1v) is 8.35. The van der Waals surface area contributed by atoms with Gasteiger partial charge in [-0.25, -0.2) is 4.79 Å². The van der Waals surface area contributed by atoms with Gasteiger partial charge in [0, 0.05) is 17.3 Å². The summed E-state index contributed by atoms with van der Waals surface area (Å²) in [6, 6.07) is 13.7. The van der Waals surface area contributed by atoms with Crippen LogP contribution in [-0.4, -0.2) is 31.7 Å². The molecule has 0 fully saturated rings. The van der Waals surface area contributed by atoms with Crippen LogP contribution in [-0.2, 0) is 20.7 Å². The molecule has 25 heavy (non-hydrogen) atoms. The zero-order valence-electron chi connectivity index (χ0n) is 14.0. The van der Waals surface area contributed by atoms with Gasteiger partial charge >= 0.3 is 5.97 Å². The topological polar surface area (TPSA) is 64.6 Å². The van der Waals surface area contributed by atoms with E-state index in [1.54, 1.807) is 48.5 Å². The van der Waals surface area contributed by atoms with Crippen LogP contribution in [0.1, 0.15) is 22.8 Å². The standard InChI is InChI=1S/C19H20ClNO4/c1-2-24-10-11-25-19(23)15-4-3-5-17(13-15)21-18(22)12-14-6-8-16(20)9-7-14/h3-9,13H,2,10-12H2,1H3,(H,21,22). The van der Waals surface area contributed by atoms with E-state index in [2.05, 4.69) is 5.32 Å². The normalized spacial score (nSPS) is 10.3. The van der Waals surface area contributed by atoms with E-state index in [-0.39, 0.29) is 18.9 Å². The molecule has 0 aliphatic carbocycles. The first kappa shape index (κ1) is 19.0. The molecule has 0 bridgehead atoms. The third kappa shape index (κ3) is 6.57. The van der Waals surface area contributed by atoms with Gasteiger partial charge in [0.25, 0.3) is 0 Å². The summed E-state index contributed by atoms with van der Waals surface area (Å²) in [7, 11) is 0. The fraction of sp³-hybridized carbons (Fsp3) is 0.263. The summed E-state index contributed by atoms with van der Waals surface area (Å²) in [4.78, 5) is 24.1. The molecule has 0 aliphatic heterocycles. The monoisotopic (exact) mass is 361 g/mol. The van der Waals surface area contributed by atoms with Gasteiger partial charge in [-0.05, 0) is 42.8 Å². The molecular formula is C19H20ClNO4. The van der Waals surface area contributed by atoms with Crippen LogP contribution >= 0.6 is 11.6 Å². The maximum Gasteiger partial charge on any atom is 0.338 e. The quantitative estimate of drug-likeness (QED) is 0.575. The first-order chi connectivity index (χ1) is 12.1. The highest BCUT2D eigenvalue weighted by molar-refractivity contribution is 6.30. The highest BCUT2D eigenvalue weighted by Gasteiger charge is 2.09. The fourth-order valence-corrected chi connectivity index (χ4v) is 2.26. The zero-order chi connectivity index (χ0) is 18.1. The van der Waals surface area contributed by atoms with Crippen LogP contribution in [0.25, 0.3) is 0 Å². The van der Waals surface area contributed by atoms with Crippen molar-refractivity contribution >= 4 is 29.2 Å². The summed E-state index contributed by atoms with van der Waals surface area (Å²) in [5, 5.41) is 3.40. The lowest BCUT2D eigenvalue weighted by atomic mass is 10.1. The molecule has 2 rings (SSSR count). The Labute approximate surface area is 151 Å². The number of carbonyl (C=O) groups excluding carboxylic acids is 2. The van der Waals surface area contributed by atoms with Gasteiger partial charge in [-0.3, -0.25) is 4.79 Å². The average Bonchev–Trinajstić information content (AvgIpc) is 2.61. The van der Waals surface area contributed by atoms with E-state index < -0.39 is 5.97 Å². The van der Waals surface area contributed by atoms with Crippen LogP contribution < -0.4 is 5.32 Å². The van der Waals surface area contributed by atoms with E-state index in [1.807, 2.05) is 6.92 Å². The van der Waals surface area contributed by atoms with Gasteiger partial charge < -0.3 is 14.8 Å². The minimum Gasteiger partial charge on any atom is -0.460 e. The van der Waals surface area contributed by atoms with Crippen molar-refractivity contribution in [2.45, 2.75) is 13.3 Å². The average molecular weight is 362 g/mol. The summed E-state index contributed by atoms with van der Waals surface area (Å²) >= 11 is 5.83. The molecular weight excluding hydrogens is 342 g/mol. The second-order valence-electron chi connectivity index (χ2n) is 5.27. The first-order valence-electron chi connectivity index (χ1n) is 7.97. The SMILES string of the molecule is CCOCCOC(=O)c1cccc(NC(=O)Cc2ccc(Cl)cc2)c1. The van der Waals surface area contributed by atoms with Crippen LogP contribution in [0.5, 0.6) is 0 Å². The molecule has 0 saturated heterocycles. The zero-order valence-corrected chi connectivity index (χ0v) is 14.7. The van der Waals surface area contributed by atoms with E-state index in [0.29, 0.717) is 29.5 Å². The molecule has 132 valence electrons. The smallest absolute Gasteiger partial charge is 0.338 e. The maximum absolute atomic E-state index is 12.1. The number of hydrogen-bond donors (Lipinski definition) is 1. The number of hydrogen-bond acceptors (Lipinski definition) is 4. The molecule has 5 nitrogen and oxygen atoms in total. The van der Waals surface area contributed by atoms with Crippen molar-refractivity contribution in [2.24, 2.45) is 0 Å². The van der Waals surface area contributed by atoms with Gasteiger partial charge in [-0.15, -0.1) is 0 Å². The van der Waals surface area contributed by atoms with Gasteiger partial charge in [-0.1, -0.05) is 29.8 Å². The van der Waals surface area contributed by atoms with Gasteiger partial charge in [-0.2, -0.15) is 0 Å². The minimum atomic E-state index is -0.450. The molecule has 0 saturated carbocycles. The number of ether oxygens (including phenoxy) is 2. The predicted molar refractivity (Wildman–Crippen MR) is 97.0 cm³/mol. The molecule has 0 heterocycles. The highest BCUT2D eigenvalue weighted by atomic mass is 35.5. The number of nitrogens with one attached hydrogen (secondary N) is 1. The molecule has 0 atom stereocenters. The molecule has 6 heteroatoms. The lowest BCUT2D eigenvalue weighted by molar-refractivity contribution is -0.115. The molecule has 2 aromatic carbocycles. The van der Waals surface area contributed by atoms with Crippen LogP contribution in [0.4, 0.5) is 5.69 Å². The molecule has 0 aliphatic rings. The molecule has 1 N–H and O–H groups in total. The van der Waals surface area contributed by atoms with E-state index in [9.17, 15) is 9.59 Å². The van der Waals surface area contributed by atoms with Crippen LogP contribution in [0.2, 0.25) is 5.02 Å². The number of rotatable bonds is 8. The molecule has 0 unspecified atom stereocenters. The minimum absolute atomic E-state index is 0.177. The third-order valence-corrected chi connectivity index (χ3v) is 3.58. The fourth-order valence-electron chi connectivity index (χ4n) is 2.14. The Kier molecular flexibility index (Phi) is 7.44. The number of halogens is 1. The molecule has 2 aromatic rings. The molecule has 1 amide bonds. The van der Waals surface area contributed by atoms with E-state index >= 15 is 0 Å². The Morgan fingerprint density at radius 2 is 1.84 bits per heavy atom.